The van der Waals surface area contributed by atoms with E-state index >= 15 is 8.78 Å². The molecule has 4 aliphatic carbocycles. The largest absolute Gasteiger partial charge is 0.247 e. The molecular formula is C22H32F2. The molecule has 0 aliphatic heterocycles. The van der Waals surface area contributed by atoms with Gasteiger partial charge in [0.1, 0.15) is 11.8 Å². The van der Waals surface area contributed by atoms with Crippen LogP contribution in [0.2, 0.25) is 0 Å². The number of allylic oxidation sites excluding steroid dienone is 4. The summed E-state index contributed by atoms with van der Waals surface area (Å²) in [6.07, 6.45) is 10.1. The molecule has 0 amide bonds. The van der Waals surface area contributed by atoms with Crippen molar-refractivity contribution in [2.24, 2.45) is 34.5 Å². The fourth-order valence-corrected chi connectivity index (χ4v) is 7.51. The van der Waals surface area contributed by atoms with Gasteiger partial charge in [-0.3, -0.25) is 0 Å². The van der Waals surface area contributed by atoms with E-state index in [4.69, 9.17) is 0 Å². The first-order valence-corrected chi connectivity index (χ1v) is 9.98. The highest BCUT2D eigenvalue weighted by molar-refractivity contribution is 5.37. The van der Waals surface area contributed by atoms with E-state index in [1.54, 1.807) is 0 Å². The molecule has 2 heteroatoms. The Balaban J connectivity index is 1.80. The van der Waals surface area contributed by atoms with E-state index in [2.05, 4.69) is 39.0 Å². The molecule has 0 spiro atoms. The summed E-state index contributed by atoms with van der Waals surface area (Å²) >= 11 is 0. The van der Waals surface area contributed by atoms with Crippen molar-refractivity contribution in [2.75, 3.05) is 0 Å². The molecule has 0 unspecified atom stereocenters. The van der Waals surface area contributed by atoms with Crippen molar-refractivity contribution in [3.63, 3.8) is 0 Å². The number of alkyl halides is 2. The highest BCUT2D eigenvalue weighted by atomic mass is 19.2. The smallest absolute Gasteiger partial charge is 0.129 e. The third-order valence-corrected chi connectivity index (χ3v) is 8.72. The zero-order valence-electron chi connectivity index (χ0n) is 15.6. The predicted molar refractivity (Wildman–Crippen MR) is 95.2 cm³/mol. The van der Waals surface area contributed by atoms with Gasteiger partial charge in [0.25, 0.3) is 0 Å². The monoisotopic (exact) mass is 334 g/mol. The first kappa shape index (κ1) is 16.8. The van der Waals surface area contributed by atoms with E-state index in [-0.39, 0.29) is 11.3 Å². The fourth-order valence-electron chi connectivity index (χ4n) is 7.51. The van der Waals surface area contributed by atoms with Gasteiger partial charge in [-0.25, -0.2) is 8.78 Å². The molecule has 8 atom stereocenters. The van der Waals surface area contributed by atoms with Crippen molar-refractivity contribution in [1.29, 1.82) is 0 Å². The van der Waals surface area contributed by atoms with Gasteiger partial charge in [-0.15, -0.1) is 0 Å². The minimum Gasteiger partial charge on any atom is -0.247 e. The van der Waals surface area contributed by atoms with Gasteiger partial charge in [-0.2, -0.15) is 0 Å². The molecule has 0 radical (unpaired) electrons. The van der Waals surface area contributed by atoms with E-state index in [0.717, 1.165) is 31.3 Å². The number of fused-ring (bicyclic) bond motifs is 5. The summed E-state index contributed by atoms with van der Waals surface area (Å²) in [7, 11) is 0. The van der Waals surface area contributed by atoms with Gasteiger partial charge in [-0.05, 0) is 55.8 Å². The number of hydrogen-bond acceptors (Lipinski definition) is 0. The van der Waals surface area contributed by atoms with Crippen LogP contribution in [0, 0.1) is 34.5 Å². The Hall–Kier alpha value is -0.660. The van der Waals surface area contributed by atoms with Crippen LogP contribution in [0.3, 0.4) is 0 Å². The Morgan fingerprint density at radius 1 is 1.25 bits per heavy atom. The summed E-state index contributed by atoms with van der Waals surface area (Å²) in [6, 6.07) is 0. The van der Waals surface area contributed by atoms with Crippen LogP contribution in [-0.4, -0.2) is 11.8 Å². The lowest BCUT2D eigenvalue weighted by Crippen LogP contribution is -2.63. The molecule has 0 nitrogen and oxygen atoms in total. The maximum absolute atomic E-state index is 16.6. The Morgan fingerprint density at radius 3 is 2.71 bits per heavy atom. The van der Waals surface area contributed by atoms with E-state index in [0.29, 0.717) is 24.7 Å². The van der Waals surface area contributed by atoms with Crippen molar-refractivity contribution < 1.29 is 8.78 Å². The number of rotatable bonds is 1. The van der Waals surface area contributed by atoms with Crippen molar-refractivity contribution in [1.82, 2.24) is 0 Å². The van der Waals surface area contributed by atoms with Gasteiger partial charge in [-0.1, -0.05) is 51.0 Å². The van der Waals surface area contributed by atoms with Gasteiger partial charge in [0.2, 0.25) is 0 Å². The van der Waals surface area contributed by atoms with E-state index < -0.39 is 23.2 Å². The summed E-state index contributed by atoms with van der Waals surface area (Å²) in [5, 5.41) is 0. The zero-order valence-corrected chi connectivity index (χ0v) is 15.6. The molecule has 0 bridgehead atoms. The molecule has 0 N–H and O–H groups in total. The molecule has 0 aromatic carbocycles. The Labute approximate surface area is 145 Å². The molecule has 4 aliphatic rings. The van der Waals surface area contributed by atoms with E-state index in [9.17, 15) is 0 Å². The van der Waals surface area contributed by atoms with Crippen molar-refractivity contribution in [3.05, 3.63) is 23.8 Å². The predicted octanol–water partition coefficient (Wildman–Crippen LogP) is 6.43. The molecule has 0 heterocycles. The van der Waals surface area contributed by atoms with Gasteiger partial charge in [0.15, 0.2) is 0 Å². The normalized spacial score (nSPS) is 56.2. The second kappa shape index (κ2) is 5.17. The molecule has 3 saturated carbocycles. The van der Waals surface area contributed by atoms with Crippen LogP contribution in [0.1, 0.15) is 66.2 Å². The molecule has 3 fully saturated rings. The minimum atomic E-state index is -1.42. The van der Waals surface area contributed by atoms with Gasteiger partial charge < -0.3 is 0 Å². The quantitative estimate of drug-likeness (QED) is 0.485. The standard InChI is InChI=1S/C22H32F2/c1-5-16-14(2)12-17-19-18(23)13-15-8-6-7-9-21(15,4)22(19,24)11-10-20(16,17)3/h7-9,14,16-19H,5-6,10-13H2,1-4H3/t14-,16+,17+,18-,19-,20-,21+,22-/m1/s1. The van der Waals surface area contributed by atoms with Crippen molar-refractivity contribution >= 4 is 0 Å². The Kier molecular flexibility index (Phi) is 3.62. The maximum atomic E-state index is 16.6. The van der Waals surface area contributed by atoms with Crippen LogP contribution in [0.4, 0.5) is 8.78 Å². The molecular weight excluding hydrogens is 302 g/mol. The second-order valence-corrected chi connectivity index (χ2v) is 9.52. The zero-order chi connectivity index (χ0) is 17.3. The summed E-state index contributed by atoms with van der Waals surface area (Å²) < 4.78 is 32.0. The van der Waals surface area contributed by atoms with Crippen LogP contribution in [-0.2, 0) is 0 Å². The Morgan fingerprint density at radius 2 is 2.00 bits per heavy atom. The lowest BCUT2D eigenvalue weighted by Gasteiger charge is -2.61. The molecule has 0 aromatic heterocycles. The lowest BCUT2D eigenvalue weighted by atomic mass is 9.45. The SMILES string of the molecule is CC[C@H]1[C@H](C)C[C@H]2[C@@H]3[C@H](F)CC4=CCC=C[C@]4(C)[C@@]3(F)CC[C@@]21C. The highest BCUT2D eigenvalue weighted by Crippen LogP contribution is 2.70. The molecule has 0 saturated heterocycles. The van der Waals surface area contributed by atoms with E-state index in [1.807, 2.05) is 6.92 Å². The van der Waals surface area contributed by atoms with Crippen LogP contribution < -0.4 is 0 Å². The number of hydrogen-bond donors (Lipinski definition) is 0. The molecule has 0 aromatic rings. The van der Waals surface area contributed by atoms with E-state index in [1.165, 1.54) is 0 Å². The minimum absolute atomic E-state index is 0.120. The topological polar surface area (TPSA) is 0 Å². The third kappa shape index (κ3) is 1.84. The Bertz CT molecular complexity index is 593. The fraction of sp³-hybridized carbons (Fsp3) is 0.818. The second-order valence-electron chi connectivity index (χ2n) is 9.52. The maximum Gasteiger partial charge on any atom is 0.129 e. The molecule has 24 heavy (non-hydrogen) atoms. The van der Waals surface area contributed by atoms with Crippen LogP contribution in [0.15, 0.2) is 23.8 Å². The van der Waals surface area contributed by atoms with Crippen molar-refractivity contribution in [2.45, 2.75) is 78.1 Å². The van der Waals surface area contributed by atoms with Gasteiger partial charge >= 0.3 is 0 Å². The summed E-state index contributed by atoms with van der Waals surface area (Å²) in [5.41, 5.74) is -0.875. The first-order chi connectivity index (χ1) is 11.3. The molecule has 134 valence electrons. The van der Waals surface area contributed by atoms with Gasteiger partial charge in [0.05, 0.1) is 0 Å². The van der Waals surface area contributed by atoms with Crippen molar-refractivity contribution in [3.8, 4) is 0 Å². The number of halogens is 2. The third-order valence-electron chi connectivity index (χ3n) is 8.72. The summed E-state index contributed by atoms with van der Waals surface area (Å²) in [6.45, 7) is 8.94. The average Bonchev–Trinajstić information content (AvgIpc) is 2.78. The van der Waals surface area contributed by atoms with Gasteiger partial charge in [0, 0.05) is 17.8 Å². The summed E-state index contributed by atoms with van der Waals surface area (Å²) in [5.74, 6) is 0.970. The first-order valence-electron chi connectivity index (χ1n) is 9.98. The van der Waals surface area contributed by atoms with Crippen LogP contribution in [0.5, 0.6) is 0 Å². The average molecular weight is 334 g/mol. The van der Waals surface area contributed by atoms with Crippen LogP contribution in [0.25, 0.3) is 0 Å². The molecule has 4 rings (SSSR count). The summed E-state index contributed by atoms with van der Waals surface area (Å²) in [4.78, 5) is 0. The lowest BCUT2D eigenvalue weighted by molar-refractivity contribution is -0.152. The van der Waals surface area contributed by atoms with Crippen LogP contribution >= 0.6 is 0 Å². The highest BCUT2D eigenvalue weighted by Gasteiger charge is 2.69.